The molecular formula is C8H6BFO. The van der Waals surface area contributed by atoms with Crippen LogP contribution < -0.4 is 5.66 Å². The lowest BCUT2D eigenvalue weighted by Gasteiger charge is -1.86. The van der Waals surface area contributed by atoms with Gasteiger partial charge in [0.2, 0.25) is 0 Å². The minimum Gasteiger partial charge on any atom is -0.472 e. The Kier molecular flexibility index (Phi) is 1.25. The van der Waals surface area contributed by atoms with E-state index in [0.29, 0.717) is 5.58 Å². The predicted molar refractivity (Wildman–Crippen MR) is 44.4 cm³/mol. The quantitative estimate of drug-likeness (QED) is 0.504. The molecule has 1 aromatic carbocycles. The number of fused-ring (bicyclic) bond motifs is 1. The van der Waals surface area contributed by atoms with Gasteiger partial charge < -0.3 is 4.42 Å². The molecular weight excluding hydrogens is 142 g/mol. The van der Waals surface area contributed by atoms with Crippen molar-refractivity contribution in [1.29, 1.82) is 0 Å². The summed E-state index contributed by atoms with van der Waals surface area (Å²) < 4.78 is 17.8. The predicted octanol–water partition coefficient (Wildman–Crippen LogP) is 0.830. The van der Waals surface area contributed by atoms with Crippen LogP contribution in [-0.4, -0.2) is 7.85 Å². The first-order valence-electron chi connectivity index (χ1n) is 3.41. The molecule has 0 atom stereocenters. The summed E-state index contributed by atoms with van der Waals surface area (Å²) in [6, 6.07) is 6.41. The van der Waals surface area contributed by atoms with E-state index in [9.17, 15) is 4.39 Å². The van der Waals surface area contributed by atoms with Gasteiger partial charge in [0.05, 0.1) is 5.66 Å². The van der Waals surface area contributed by atoms with Gasteiger partial charge in [0.1, 0.15) is 11.4 Å². The topological polar surface area (TPSA) is 13.1 Å². The number of hydrogen-bond donors (Lipinski definition) is 0. The average Bonchev–Trinajstić information content (AvgIpc) is 2.27. The van der Waals surface area contributed by atoms with Gasteiger partial charge in [0.25, 0.3) is 0 Å². The molecule has 0 N–H and O–H groups in total. The Morgan fingerprint density at radius 1 is 1.27 bits per heavy atom. The van der Waals surface area contributed by atoms with E-state index < -0.39 is 0 Å². The van der Waals surface area contributed by atoms with Gasteiger partial charge in [-0.25, -0.2) is 4.39 Å². The Balaban J connectivity index is 2.82. The van der Waals surface area contributed by atoms with Crippen molar-refractivity contribution in [3.05, 3.63) is 30.1 Å². The van der Waals surface area contributed by atoms with Gasteiger partial charge >= 0.3 is 0 Å². The molecule has 0 saturated heterocycles. The van der Waals surface area contributed by atoms with Crippen LogP contribution in [0.3, 0.4) is 0 Å². The molecule has 54 valence electrons. The van der Waals surface area contributed by atoms with Gasteiger partial charge in [-0.2, -0.15) is 0 Å². The van der Waals surface area contributed by atoms with E-state index in [0.717, 1.165) is 11.0 Å². The Morgan fingerprint density at radius 2 is 2.09 bits per heavy atom. The van der Waals surface area contributed by atoms with Gasteiger partial charge in [-0.1, -0.05) is 0 Å². The zero-order valence-electron chi connectivity index (χ0n) is 6.10. The van der Waals surface area contributed by atoms with Crippen LogP contribution in [-0.2, 0) is 0 Å². The first kappa shape index (κ1) is 6.46. The number of benzene rings is 1. The zero-order chi connectivity index (χ0) is 7.84. The largest absolute Gasteiger partial charge is 0.472 e. The van der Waals surface area contributed by atoms with Crippen molar-refractivity contribution in [3.63, 3.8) is 0 Å². The highest BCUT2D eigenvalue weighted by molar-refractivity contribution is 6.31. The number of rotatable bonds is 0. The Bertz CT molecular complexity index is 394. The monoisotopic (exact) mass is 148 g/mol. The molecule has 2 rings (SSSR count). The standard InChI is InChI=1S/C8H6BFO/c9-8-3-5-1-2-6(10)4-7(5)11-8/h1-4H,9H2. The van der Waals surface area contributed by atoms with E-state index in [1.54, 1.807) is 6.07 Å². The third-order valence-corrected chi connectivity index (χ3v) is 1.61. The Hall–Kier alpha value is -1.25. The lowest BCUT2D eigenvalue weighted by atomic mass is 10.1. The highest BCUT2D eigenvalue weighted by atomic mass is 19.1. The molecule has 0 spiro atoms. The van der Waals surface area contributed by atoms with Crippen LogP contribution in [0.1, 0.15) is 0 Å². The zero-order valence-corrected chi connectivity index (χ0v) is 6.10. The molecule has 0 aliphatic rings. The van der Waals surface area contributed by atoms with Crippen molar-refractivity contribution in [2.75, 3.05) is 0 Å². The molecule has 3 heteroatoms. The Labute approximate surface area is 64.2 Å². The van der Waals surface area contributed by atoms with Crippen molar-refractivity contribution in [1.82, 2.24) is 0 Å². The molecule has 2 aromatic rings. The molecule has 0 saturated carbocycles. The molecule has 0 aliphatic carbocycles. The van der Waals surface area contributed by atoms with Crippen LogP contribution >= 0.6 is 0 Å². The van der Waals surface area contributed by atoms with Crippen molar-refractivity contribution in [3.8, 4) is 0 Å². The van der Waals surface area contributed by atoms with E-state index in [-0.39, 0.29) is 5.82 Å². The van der Waals surface area contributed by atoms with Crippen LogP contribution in [0.5, 0.6) is 0 Å². The summed E-state index contributed by atoms with van der Waals surface area (Å²) in [5, 5.41) is 0.948. The Morgan fingerprint density at radius 3 is 2.91 bits per heavy atom. The maximum Gasteiger partial charge on any atom is 0.186 e. The van der Waals surface area contributed by atoms with Gasteiger partial charge in [-0.15, -0.1) is 0 Å². The summed E-state index contributed by atoms with van der Waals surface area (Å²) in [6.45, 7) is 0. The van der Waals surface area contributed by atoms with Gasteiger partial charge in [0.15, 0.2) is 7.85 Å². The summed E-state index contributed by atoms with van der Waals surface area (Å²) in [5.74, 6) is -0.258. The fourth-order valence-corrected chi connectivity index (χ4v) is 1.14. The molecule has 0 unspecified atom stereocenters. The number of halogens is 1. The summed E-state index contributed by atoms with van der Waals surface area (Å²) >= 11 is 0. The number of hydrogen-bond acceptors (Lipinski definition) is 1. The van der Waals surface area contributed by atoms with Gasteiger partial charge in [-0.05, 0) is 18.2 Å². The van der Waals surface area contributed by atoms with Crippen molar-refractivity contribution < 1.29 is 8.81 Å². The fraction of sp³-hybridized carbons (Fsp3) is 0. The van der Waals surface area contributed by atoms with Crippen LogP contribution in [0.4, 0.5) is 4.39 Å². The second-order valence-electron chi connectivity index (χ2n) is 2.54. The molecule has 0 bridgehead atoms. The highest BCUT2D eigenvalue weighted by Crippen LogP contribution is 2.13. The van der Waals surface area contributed by atoms with E-state index in [4.69, 9.17) is 4.42 Å². The van der Waals surface area contributed by atoms with Crippen molar-refractivity contribution >= 4 is 24.5 Å². The molecule has 0 fully saturated rings. The number of furan rings is 1. The van der Waals surface area contributed by atoms with E-state index in [1.165, 1.54) is 12.1 Å². The molecule has 1 aromatic heterocycles. The molecule has 1 nitrogen and oxygen atoms in total. The summed E-state index contributed by atoms with van der Waals surface area (Å²) in [7, 11) is 1.85. The van der Waals surface area contributed by atoms with Crippen LogP contribution in [0, 0.1) is 5.82 Å². The second-order valence-corrected chi connectivity index (χ2v) is 2.54. The fourth-order valence-electron chi connectivity index (χ4n) is 1.14. The van der Waals surface area contributed by atoms with E-state index >= 15 is 0 Å². The van der Waals surface area contributed by atoms with Crippen LogP contribution in [0.15, 0.2) is 28.7 Å². The molecule has 11 heavy (non-hydrogen) atoms. The second kappa shape index (κ2) is 2.12. The van der Waals surface area contributed by atoms with E-state index in [2.05, 4.69) is 0 Å². The molecule has 0 aliphatic heterocycles. The lowest BCUT2D eigenvalue weighted by Crippen LogP contribution is -1.92. The first-order chi connectivity index (χ1) is 5.25. The molecule has 0 radical (unpaired) electrons. The highest BCUT2D eigenvalue weighted by Gasteiger charge is 1.99. The minimum atomic E-state index is -0.258. The average molecular weight is 148 g/mol. The summed E-state index contributed by atoms with van der Waals surface area (Å²) in [6.07, 6.45) is 0. The lowest BCUT2D eigenvalue weighted by molar-refractivity contribution is 0.615. The first-order valence-corrected chi connectivity index (χ1v) is 3.41. The third kappa shape index (κ3) is 1.02. The maximum absolute atomic E-state index is 12.6. The maximum atomic E-state index is 12.6. The summed E-state index contributed by atoms with van der Waals surface area (Å²) in [5.41, 5.74) is 1.42. The van der Waals surface area contributed by atoms with Crippen LogP contribution in [0.25, 0.3) is 11.0 Å². The smallest absolute Gasteiger partial charge is 0.186 e. The van der Waals surface area contributed by atoms with E-state index in [1.807, 2.05) is 13.9 Å². The van der Waals surface area contributed by atoms with Gasteiger partial charge in [0, 0.05) is 11.5 Å². The molecule has 0 amide bonds. The van der Waals surface area contributed by atoms with Crippen molar-refractivity contribution in [2.24, 2.45) is 0 Å². The normalized spacial score (nSPS) is 10.6. The van der Waals surface area contributed by atoms with Crippen LogP contribution in [0.2, 0.25) is 0 Å². The molecule has 1 heterocycles. The summed E-state index contributed by atoms with van der Waals surface area (Å²) in [4.78, 5) is 0. The minimum absolute atomic E-state index is 0.258. The SMILES string of the molecule is Bc1cc2ccc(F)cc2o1. The third-order valence-electron chi connectivity index (χ3n) is 1.61. The van der Waals surface area contributed by atoms with Gasteiger partial charge in [-0.3, -0.25) is 0 Å². The van der Waals surface area contributed by atoms with Crippen molar-refractivity contribution in [2.45, 2.75) is 0 Å².